The molecule has 0 aromatic heterocycles. The lowest BCUT2D eigenvalue weighted by atomic mass is 9.50. The number of nitrogens with zero attached hydrogens (tertiary/aromatic N) is 1. The van der Waals surface area contributed by atoms with Crippen LogP contribution in [0, 0.1) is 0 Å². The summed E-state index contributed by atoms with van der Waals surface area (Å²) < 4.78 is 23.1. The highest BCUT2D eigenvalue weighted by Crippen LogP contribution is 2.64. The first-order valence-electron chi connectivity index (χ1n) is 16.6. The van der Waals surface area contributed by atoms with E-state index < -0.39 is 66.0 Å². The topological polar surface area (TPSA) is 169 Å². The fourth-order valence-corrected chi connectivity index (χ4v) is 8.16. The van der Waals surface area contributed by atoms with Crippen LogP contribution in [0.2, 0.25) is 0 Å². The number of carboxylic acid groups (broad SMARTS) is 1. The van der Waals surface area contributed by atoms with Crippen LogP contribution >= 0.6 is 0 Å². The van der Waals surface area contributed by atoms with Gasteiger partial charge in [0.2, 0.25) is 12.2 Å². The number of likely N-dealkylation sites (N-methyl/N-ethyl adjacent to an activating group) is 1. The van der Waals surface area contributed by atoms with Crippen molar-refractivity contribution in [3.05, 3.63) is 112 Å². The largest absolute Gasteiger partial charge is 0.481 e. The first kappa shape index (κ1) is 33.5. The van der Waals surface area contributed by atoms with E-state index in [1.807, 2.05) is 19.2 Å². The van der Waals surface area contributed by atoms with Crippen molar-refractivity contribution in [3.8, 4) is 5.75 Å². The maximum Gasteiger partial charge on any atom is 0.353 e. The van der Waals surface area contributed by atoms with Gasteiger partial charge in [-0.05, 0) is 38.1 Å². The van der Waals surface area contributed by atoms with Crippen molar-refractivity contribution in [2.45, 2.75) is 74.1 Å². The molecule has 2 heterocycles. The zero-order valence-corrected chi connectivity index (χ0v) is 27.3. The number of hydrogen-bond donors (Lipinski definition) is 3. The van der Waals surface area contributed by atoms with Gasteiger partial charge in [-0.1, -0.05) is 72.8 Å². The van der Waals surface area contributed by atoms with E-state index in [0.29, 0.717) is 30.7 Å². The van der Waals surface area contributed by atoms with Crippen LogP contribution in [0.1, 0.15) is 65.7 Å². The van der Waals surface area contributed by atoms with Gasteiger partial charge in [0, 0.05) is 34.7 Å². The van der Waals surface area contributed by atoms with E-state index >= 15 is 0 Å². The second-order valence-corrected chi connectivity index (χ2v) is 13.2. The first-order chi connectivity index (χ1) is 24.1. The number of hydrogen-bond acceptors (Lipinski definition) is 11. The zero-order valence-electron chi connectivity index (χ0n) is 27.3. The molecule has 50 heavy (non-hydrogen) atoms. The predicted octanol–water partition coefficient (Wildman–Crippen LogP) is 3.43. The number of carbonyl (C=O) groups is 4. The lowest BCUT2D eigenvalue weighted by Gasteiger charge is -2.61. The lowest BCUT2D eigenvalue weighted by Crippen LogP contribution is -2.74. The molecule has 2 aliphatic heterocycles. The fourth-order valence-electron chi connectivity index (χ4n) is 8.16. The molecule has 260 valence electrons. The third-order valence-corrected chi connectivity index (χ3v) is 10.5. The highest BCUT2D eigenvalue weighted by atomic mass is 16.6. The Morgan fingerprint density at radius 1 is 0.920 bits per heavy atom. The van der Waals surface area contributed by atoms with Gasteiger partial charge >= 0.3 is 23.9 Å². The molecule has 3 aromatic rings. The Hall–Kier alpha value is -5.04. The molecule has 3 N–H and O–H groups in total. The number of aliphatic hydroxyl groups is 2. The molecule has 7 rings (SSSR count). The summed E-state index contributed by atoms with van der Waals surface area (Å²) in [4.78, 5) is 53.7. The van der Waals surface area contributed by atoms with Crippen molar-refractivity contribution >= 4 is 23.9 Å². The number of esters is 3. The molecule has 1 spiro atoms. The molecule has 3 aromatic carbocycles. The minimum atomic E-state index is -1.64. The van der Waals surface area contributed by atoms with E-state index in [4.69, 9.17) is 18.9 Å². The van der Waals surface area contributed by atoms with E-state index in [1.54, 1.807) is 42.5 Å². The summed E-state index contributed by atoms with van der Waals surface area (Å²) in [6.07, 6.45) is -1.84. The van der Waals surface area contributed by atoms with Crippen molar-refractivity contribution in [3.63, 3.8) is 0 Å². The van der Waals surface area contributed by atoms with Crippen molar-refractivity contribution < 1.29 is 53.4 Å². The Balaban J connectivity index is 1.05. The molecule has 0 radical (unpaired) electrons. The molecule has 1 saturated heterocycles. The van der Waals surface area contributed by atoms with Gasteiger partial charge in [-0.2, -0.15) is 0 Å². The van der Waals surface area contributed by atoms with Gasteiger partial charge in [0.05, 0.1) is 30.5 Å². The highest BCUT2D eigenvalue weighted by molar-refractivity contribution is 5.85. The van der Waals surface area contributed by atoms with Crippen LogP contribution in [0.5, 0.6) is 5.75 Å². The van der Waals surface area contributed by atoms with E-state index in [1.165, 1.54) is 24.3 Å². The number of carbonyl (C=O) groups excluding carboxylic acids is 3. The Morgan fingerprint density at radius 2 is 1.58 bits per heavy atom. The summed E-state index contributed by atoms with van der Waals surface area (Å²) in [6, 6.07) is 19.5. The summed E-state index contributed by atoms with van der Waals surface area (Å²) in [7, 11) is 1.99. The number of rotatable bonds is 11. The summed E-state index contributed by atoms with van der Waals surface area (Å²) in [5.41, 5.74) is 0.879. The van der Waals surface area contributed by atoms with Gasteiger partial charge in [-0.3, -0.25) is 9.59 Å². The summed E-state index contributed by atoms with van der Waals surface area (Å²) >= 11 is 0. The Morgan fingerprint density at radius 3 is 2.24 bits per heavy atom. The quantitative estimate of drug-likeness (QED) is 0.199. The van der Waals surface area contributed by atoms with Gasteiger partial charge in [-0.25, -0.2) is 9.59 Å². The highest BCUT2D eigenvalue weighted by Gasteiger charge is 2.71. The molecule has 2 aliphatic carbocycles. The molecule has 0 amide bonds. The molecule has 1 fully saturated rings. The van der Waals surface area contributed by atoms with Crippen LogP contribution in [0.3, 0.4) is 0 Å². The number of aliphatic hydroxyl groups excluding tert-OH is 1. The Kier molecular flexibility index (Phi) is 8.71. The van der Waals surface area contributed by atoms with Crippen molar-refractivity contribution in [1.82, 2.24) is 4.90 Å². The zero-order chi connectivity index (χ0) is 35.2. The minimum absolute atomic E-state index is 0.188. The van der Waals surface area contributed by atoms with Crippen molar-refractivity contribution in [2.24, 2.45) is 0 Å². The summed E-state index contributed by atoms with van der Waals surface area (Å²) in [5, 5.41) is 32.2. The van der Waals surface area contributed by atoms with Crippen LogP contribution in [-0.2, 0) is 51.8 Å². The second-order valence-electron chi connectivity index (χ2n) is 13.2. The fraction of sp³-hybridized carbons (Fsp3) is 0.368. The van der Waals surface area contributed by atoms with Crippen LogP contribution in [-0.4, -0.2) is 75.4 Å². The summed E-state index contributed by atoms with van der Waals surface area (Å²) in [5.74, 6) is -3.40. The first-order valence-corrected chi connectivity index (χ1v) is 16.6. The van der Waals surface area contributed by atoms with Crippen LogP contribution in [0.25, 0.3) is 0 Å². The average molecular weight is 684 g/mol. The SMILES string of the molecule is CN1CC[C@]23c4c5ccc(CO)c4O[C@H]2C(OC(=O)CCC(=O)O[C@H](C(=O)O[C@H](C(=O)O)c2ccccc2)c2ccccc2)=CC[C@@]3(O)[C@H]1C5. The molecule has 6 atom stereocenters. The standard InChI is InChI=1S/C38H37NO11/c1-39-19-18-37-30-24-12-13-25(21-40)31(30)49-34(37)26(16-17-38(37,46)27(39)20-24)47-28(41)14-15-29(42)48-33(23-10-6-3-7-11-23)36(45)50-32(35(43)44)22-8-4-2-5-9-22/h2-13,16,27,32-34,40,46H,14-15,17-21H2,1H3,(H,43,44)/t27-,32+,33+,34+,37+,38-/m1/s1. The minimum Gasteiger partial charge on any atom is -0.481 e. The van der Waals surface area contributed by atoms with Crippen LogP contribution < -0.4 is 4.74 Å². The van der Waals surface area contributed by atoms with Gasteiger partial charge in [-0.15, -0.1) is 0 Å². The Bertz CT molecular complexity index is 1860. The van der Waals surface area contributed by atoms with Crippen molar-refractivity contribution in [1.29, 1.82) is 0 Å². The maximum atomic E-state index is 13.3. The second kappa shape index (κ2) is 13.0. The Labute approximate surface area is 287 Å². The predicted molar refractivity (Wildman–Crippen MR) is 174 cm³/mol. The average Bonchev–Trinajstić information content (AvgIpc) is 3.48. The maximum absolute atomic E-state index is 13.3. The van der Waals surface area contributed by atoms with Crippen LogP contribution in [0.15, 0.2) is 84.6 Å². The smallest absolute Gasteiger partial charge is 0.353 e. The van der Waals surface area contributed by atoms with Gasteiger partial charge in [0.15, 0.2) is 6.10 Å². The molecular weight excluding hydrogens is 646 g/mol. The van der Waals surface area contributed by atoms with Gasteiger partial charge < -0.3 is 39.2 Å². The molecular formula is C38H37NO11. The molecule has 0 unspecified atom stereocenters. The number of aliphatic carboxylic acids is 1. The van der Waals surface area contributed by atoms with Crippen LogP contribution in [0.4, 0.5) is 0 Å². The molecule has 12 nitrogen and oxygen atoms in total. The van der Waals surface area contributed by atoms with E-state index in [2.05, 4.69) is 4.90 Å². The number of likely N-dealkylation sites (tertiary alicyclic amines) is 1. The number of ether oxygens (including phenoxy) is 4. The van der Waals surface area contributed by atoms with E-state index in [0.717, 1.165) is 11.1 Å². The number of piperidine rings is 1. The van der Waals surface area contributed by atoms with Gasteiger partial charge in [0.1, 0.15) is 11.5 Å². The normalized spacial score (nSPS) is 25.6. The van der Waals surface area contributed by atoms with Crippen molar-refractivity contribution in [2.75, 3.05) is 13.6 Å². The molecule has 12 heteroatoms. The molecule has 2 bridgehead atoms. The number of benzene rings is 3. The van der Waals surface area contributed by atoms with E-state index in [9.17, 15) is 34.5 Å². The lowest BCUT2D eigenvalue weighted by molar-refractivity contribution is -0.178. The van der Waals surface area contributed by atoms with E-state index in [-0.39, 0.29) is 36.0 Å². The summed E-state index contributed by atoms with van der Waals surface area (Å²) in [6.45, 7) is 0.431. The third-order valence-electron chi connectivity index (χ3n) is 10.5. The molecule has 4 aliphatic rings. The van der Waals surface area contributed by atoms with Gasteiger partial charge in [0.25, 0.3) is 0 Å². The molecule has 0 saturated carbocycles. The number of carboxylic acids is 1. The monoisotopic (exact) mass is 683 g/mol. The third kappa shape index (κ3) is 5.44.